The normalized spacial score (nSPS) is 10.3. The Morgan fingerprint density at radius 1 is 0.897 bits per heavy atom. The van der Waals surface area contributed by atoms with Gasteiger partial charge in [0.2, 0.25) is 0 Å². The van der Waals surface area contributed by atoms with Crippen LogP contribution in [-0.4, -0.2) is 19.2 Å². The summed E-state index contributed by atoms with van der Waals surface area (Å²) >= 11 is 5.59. The highest BCUT2D eigenvalue weighted by Crippen LogP contribution is 2.32. The first kappa shape index (κ1) is 20.6. The zero-order chi connectivity index (χ0) is 20.6. The third kappa shape index (κ3) is 5.45. The zero-order valence-electron chi connectivity index (χ0n) is 16.3. The topological polar surface area (TPSA) is 39.7 Å². The van der Waals surface area contributed by atoms with Crippen molar-refractivity contribution in [2.75, 3.05) is 14.2 Å². The summed E-state index contributed by atoms with van der Waals surface area (Å²) in [4.78, 5) is 0.550. The summed E-state index contributed by atoms with van der Waals surface area (Å²) in [6.45, 7) is 0.839. The predicted molar refractivity (Wildman–Crippen MR) is 115 cm³/mol. The summed E-state index contributed by atoms with van der Waals surface area (Å²) in [5, 5.41) is 3.26. The predicted octanol–water partition coefficient (Wildman–Crippen LogP) is 4.89. The number of benzene rings is 3. The molecule has 1 N–H and O–H groups in total. The summed E-state index contributed by atoms with van der Waals surface area (Å²) in [6, 6.07) is 19.5. The summed E-state index contributed by atoms with van der Waals surface area (Å²) < 4.78 is 29.7. The third-order valence-electron chi connectivity index (χ3n) is 4.35. The van der Waals surface area contributed by atoms with Crippen LogP contribution in [0.3, 0.4) is 0 Å². The van der Waals surface area contributed by atoms with Crippen LogP contribution in [0.1, 0.15) is 16.7 Å². The number of halogens is 1. The fourth-order valence-corrected chi connectivity index (χ4v) is 2.99. The highest BCUT2D eigenvalue weighted by Gasteiger charge is 2.15. The van der Waals surface area contributed by atoms with Crippen molar-refractivity contribution in [1.82, 2.24) is 5.32 Å². The number of hydrogen-bond donors (Lipinski definition) is 1. The van der Waals surface area contributed by atoms with Crippen molar-refractivity contribution in [3.8, 4) is 17.2 Å². The fraction of sp³-hybridized carbons (Fsp3) is 0.174. The van der Waals surface area contributed by atoms with Crippen molar-refractivity contribution in [1.29, 1.82) is 0 Å². The first-order chi connectivity index (χ1) is 14.1. The molecular formula is C23H22FNO3S. The van der Waals surface area contributed by atoms with E-state index < -0.39 is 0 Å². The van der Waals surface area contributed by atoms with Gasteiger partial charge in [-0.2, -0.15) is 0 Å². The molecule has 0 aliphatic carbocycles. The highest BCUT2D eigenvalue weighted by molar-refractivity contribution is 7.80. The van der Waals surface area contributed by atoms with Crippen LogP contribution in [0.5, 0.6) is 17.2 Å². The van der Waals surface area contributed by atoms with Crippen molar-refractivity contribution < 1.29 is 18.6 Å². The minimum Gasteiger partial charge on any atom is -0.497 e. The Morgan fingerprint density at radius 2 is 1.59 bits per heavy atom. The van der Waals surface area contributed by atoms with Crippen LogP contribution in [0, 0.1) is 5.82 Å². The molecule has 0 aliphatic heterocycles. The molecule has 6 heteroatoms. The monoisotopic (exact) mass is 411 g/mol. The average Bonchev–Trinajstić information content (AvgIpc) is 2.77. The van der Waals surface area contributed by atoms with Crippen LogP contribution in [0.2, 0.25) is 0 Å². The van der Waals surface area contributed by atoms with E-state index in [0.29, 0.717) is 23.0 Å². The van der Waals surface area contributed by atoms with Crippen LogP contribution in [0.25, 0.3) is 0 Å². The van der Waals surface area contributed by atoms with Gasteiger partial charge in [-0.3, -0.25) is 0 Å². The molecule has 0 heterocycles. The molecule has 3 rings (SSSR count). The first-order valence-corrected chi connectivity index (χ1v) is 9.47. The van der Waals surface area contributed by atoms with Gasteiger partial charge in [-0.15, -0.1) is 0 Å². The van der Waals surface area contributed by atoms with E-state index in [1.165, 1.54) is 12.1 Å². The maximum atomic E-state index is 13.1. The molecule has 3 aromatic carbocycles. The van der Waals surface area contributed by atoms with Gasteiger partial charge < -0.3 is 19.5 Å². The molecule has 0 saturated carbocycles. The average molecular weight is 411 g/mol. The molecule has 29 heavy (non-hydrogen) atoms. The van der Waals surface area contributed by atoms with E-state index in [4.69, 9.17) is 26.4 Å². The Morgan fingerprint density at radius 3 is 2.24 bits per heavy atom. The van der Waals surface area contributed by atoms with Gasteiger partial charge in [-0.1, -0.05) is 42.5 Å². The van der Waals surface area contributed by atoms with E-state index in [1.807, 2.05) is 42.5 Å². The van der Waals surface area contributed by atoms with Gasteiger partial charge in [-0.25, -0.2) is 4.39 Å². The van der Waals surface area contributed by atoms with Crippen molar-refractivity contribution in [2.24, 2.45) is 0 Å². The number of nitrogens with one attached hydrogen (secondary N) is 1. The van der Waals surface area contributed by atoms with Crippen LogP contribution in [0.15, 0.2) is 66.7 Å². The second kappa shape index (κ2) is 9.89. The first-order valence-electron chi connectivity index (χ1n) is 9.06. The Kier molecular flexibility index (Phi) is 7.03. The van der Waals surface area contributed by atoms with Gasteiger partial charge in [0.15, 0.2) is 11.5 Å². The highest BCUT2D eigenvalue weighted by atomic mass is 32.1. The largest absolute Gasteiger partial charge is 0.497 e. The zero-order valence-corrected chi connectivity index (χ0v) is 17.1. The van der Waals surface area contributed by atoms with Crippen molar-refractivity contribution in [2.45, 2.75) is 13.2 Å². The molecule has 0 radical (unpaired) electrons. The molecule has 0 bridgehead atoms. The van der Waals surface area contributed by atoms with E-state index in [9.17, 15) is 4.39 Å². The van der Waals surface area contributed by atoms with Gasteiger partial charge in [0.05, 0.1) is 19.8 Å². The SMILES string of the molecule is COc1ccc(CNC(=S)c2cccc(OC)c2OCc2ccc(F)cc2)cc1. The summed E-state index contributed by atoms with van der Waals surface area (Å²) in [5.74, 6) is 1.65. The van der Waals surface area contributed by atoms with Crippen LogP contribution in [0.4, 0.5) is 4.39 Å². The van der Waals surface area contributed by atoms with E-state index >= 15 is 0 Å². The molecule has 0 aliphatic rings. The molecule has 4 nitrogen and oxygen atoms in total. The lowest BCUT2D eigenvalue weighted by molar-refractivity contribution is 0.284. The third-order valence-corrected chi connectivity index (χ3v) is 4.72. The molecule has 0 spiro atoms. The van der Waals surface area contributed by atoms with Crippen molar-refractivity contribution in [3.05, 3.63) is 89.2 Å². The summed E-state index contributed by atoms with van der Waals surface area (Å²) in [5.41, 5.74) is 2.65. The minimum atomic E-state index is -0.282. The molecular weight excluding hydrogens is 389 g/mol. The molecule has 0 fully saturated rings. The maximum Gasteiger partial charge on any atom is 0.171 e. The Bertz CT molecular complexity index is 959. The lowest BCUT2D eigenvalue weighted by Crippen LogP contribution is -2.22. The van der Waals surface area contributed by atoms with E-state index in [1.54, 1.807) is 26.4 Å². The Hall–Kier alpha value is -3.12. The number of para-hydroxylation sites is 1. The van der Waals surface area contributed by atoms with Gasteiger partial charge in [0.1, 0.15) is 23.2 Å². The maximum absolute atomic E-state index is 13.1. The van der Waals surface area contributed by atoms with Crippen LogP contribution >= 0.6 is 12.2 Å². The van der Waals surface area contributed by atoms with E-state index in [0.717, 1.165) is 22.4 Å². The molecule has 0 atom stereocenters. The van der Waals surface area contributed by atoms with Gasteiger partial charge in [-0.05, 0) is 47.5 Å². The number of ether oxygens (including phenoxy) is 3. The van der Waals surface area contributed by atoms with Crippen LogP contribution in [-0.2, 0) is 13.2 Å². The lowest BCUT2D eigenvalue weighted by atomic mass is 10.1. The smallest absolute Gasteiger partial charge is 0.171 e. The summed E-state index contributed by atoms with van der Waals surface area (Å²) in [7, 11) is 3.22. The molecule has 150 valence electrons. The number of methoxy groups -OCH3 is 2. The molecule has 0 aromatic heterocycles. The summed E-state index contributed by atoms with van der Waals surface area (Å²) in [6.07, 6.45) is 0. The van der Waals surface area contributed by atoms with Gasteiger partial charge >= 0.3 is 0 Å². The number of hydrogen-bond acceptors (Lipinski definition) is 4. The van der Waals surface area contributed by atoms with Crippen LogP contribution < -0.4 is 19.5 Å². The van der Waals surface area contributed by atoms with Crippen molar-refractivity contribution >= 4 is 17.2 Å². The second-order valence-electron chi connectivity index (χ2n) is 6.28. The molecule has 0 amide bonds. The number of rotatable bonds is 8. The van der Waals surface area contributed by atoms with E-state index in [2.05, 4.69) is 5.32 Å². The molecule has 0 unspecified atom stereocenters. The van der Waals surface area contributed by atoms with Gasteiger partial charge in [0.25, 0.3) is 0 Å². The minimum absolute atomic E-state index is 0.273. The Balaban J connectivity index is 1.73. The van der Waals surface area contributed by atoms with E-state index in [-0.39, 0.29) is 12.4 Å². The quantitative estimate of drug-likeness (QED) is 0.535. The standard InChI is InChI=1S/C23H22FNO3S/c1-26-19-12-8-16(9-13-19)14-25-23(29)20-4-3-5-21(27-2)22(20)28-15-17-6-10-18(24)11-7-17/h3-13H,14-15H2,1-2H3,(H,25,29). The Labute approximate surface area is 175 Å². The lowest BCUT2D eigenvalue weighted by Gasteiger charge is -2.17. The number of thiocarbonyl (C=S) groups is 1. The second-order valence-corrected chi connectivity index (χ2v) is 6.69. The van der Waals surface area contributed by atoms with Crippen molar-refractivity contribution in [3.63, 3.8) is 0 Å². The van der Waals surface area contributed by atoms with Gasteiger partial charge in [0, 0.05) is 6.54 Å². The fourth-order valence-electron chi connectivity index (χ4n) is 2.76. The molecule has 0 saturated heterocycles. The molecule has 3 aromatic rings.